The van der Waals surface area contributed by atoms with Gasteiger partial charge in [-0.3, -0.25) is 14.7 Å². The Hall–Kier alpha value is -1.46. The summed E-state index contributed by atoms with van der Waals surface area (Å²) in [6, 6.07) is 3.44. The minimum Gasteiger partial charge on any atom is -0.375 e. The van der Waals surface area contributed by atoms with Crippen molar-refractivity contribution in [3.8, 4) is 0 Å². The smallest absolute Gasteiger partial charge is 0.251 e. The SMILES string of the molecule is CC(C)(C)CN1CCO[C@@H](CCNC(=O)c2ccncc2)C1. The van der Waals surface area contributed by atoms with Gasteiger partial charge in [-0.25, -0.2) is 0 Å². The maximum absolute atomic E-state index is 11.9. The van der Waals surface area contributed by atoms with Gasteiger partial charge in [-0.15, -0.1) is 0 Å². The molecular weight excluding hydrogens is 278 g/mol. The van der Waals surface area contributed by atoms with Gasteiger partial charge in [0.1, 0.15) is 0 Å². The summed E-state index contributed by atoms with van der Waals surface area (Å²) in [7, 11) is 0. The van der Waals surface area contributed by atoms with Crippen molar-refractivity contribution in [2.75, 3.05) is 32.8 Å². The molecule has 1 amide bonds. The van der Waals surface area contributed by atoms with E-state index in [0.29, 0.717) is 17.5 Å². The number of carbonyl (C=O) groups is 1. The van der Waals surface area contributed by atoms with E-state index in [1.807, 2.05) is 0 Å². The Balaban J connectivity index is 1.71. The van der Waals surface area contributed by atoms with E-state index in [4.69, 9.17) is 4.74 Å². The summed E-state index contributed by atoms with van der Waals surface area (Å²) >= 11 is 0. The molecule has 1 aromatic heterocycles. The fraction of sp³-hybridized carbons (Fsp3) is 0.647. The lowest BCUT2D eigenvalue weighted by Gasteiger charge is -2.36. The summed E-state index contributed by atoms with van der Waals surface area (Å²) in [6.07, 6.45) is 4.30. The molecule has 1 saturated heterocycles. The van der Waals surface area contributed by atoms with Gasteiger partial charge >= 0.3 is 0 Å². The summed E-state index contributed by atoms with van der Waals surface area (Å²) in [5.74, 6) is -0.0512. The molecule has 0 spiro atoms. The third-order valence-electron chi connectivity index (χ3n) is 3.62. The zero-order valence-electron chi connectivity index (χ0n) is 13.8. The molecule has 0 radical (unpaired) electrons. The Morgan fingerprint density at radius 1 is 1.41 bits per heavy atom. The Morgan fingerprint density at radius 2 is 2.14 bits per heavy atom. The standard InChI is InChI=1S/C17H27N3O2/c1-17(2,3)13-20-10-11-22-15(12-20)6-9-19-16(21)14-4-7-18-8-5-14/h4-5,7-8,15H,6,9-13H2,1-3H3,(H,19,21)/t15-/m0/s1. The highest BCUT2D eigenvalue weighted by Gasteiger charge is 2.24. The van der Waals surface area contributed by atoms with Crippen LogP contribution in [0.4, 0.5) is 0 Å². The predicted octanol–water partition coefficient (Wildman–Crippen LogP) is 1.95. The number of morpholine rings is 1. The van der Waals surface area contributed by atoms with Crippen LogP contribution < -0.4 is 5.32 Å². The van der Waals surface area contributed by atoms with Crippen LogP contribution in [0, 0.1) is 5.41 Å². The van der Waals surface area contributed by atoms with E-state index in [-0.39, 0.29) is 12.0 Å². The fourth-order valence-corrected chi connectivity index (χ4v) is 2.72. The van der Waals surface area contributed by atoms with Crippen molar-refractivity contribution in [1.82, 2.24) is 15.2 Å². The van der Waals surface area contributed by atoms with Gasteiger partial charge in [0.15, 0.2) is 0 Å². The van der Waals surface area contributed by atoms with Gasteiger partial charge < -0.3 is 10.1 Å². The lowest BCUT2D eigenvalue weighted by atomic mass is 9.95. The van der Waals surface area contributed by atoms with Crippen molar-refractivity contribution in [2.45, 2.75) is 33.3 Å². The van der Waals surface area contributed by atoms with E-state index >= 15 is 0 Å². The second-order valence-electron chi connectivity index (χ2n) is 7.07. The summed E-state index contributed by atoms with van der Waals surface area (Å²) < 4.78 is 5.81. The van der Waals surface area contributed by atoms with Crippen LogP contribution in [-0.4, -0.2) is 54.7 Å². The highest BCUT2D eigenvalue weighted by molar-refractivity contribution is 5.93. The first kappa shape index (κ1) is 16.9. The highest BCUT2D eigenvalue weighted by atomic mass is 16.5. The molecule has 1 atom stereocenters. The van der Waals surface area contributed by atoms with Gasteiger partial charge in [0.2, 0.25) is 0 Å². The van der Waals surface area contributed by atoms with E-state index < -0.39 is 0 Å². The molecule has 0 unspecified atom stereocenters. The Bertz CT molecular complexity index is 471. The predicted molar refractivity (Wildman–Crippen MR) is 86.8 cm³/mol. The maximum atomic E-state index is 11.9. The summed E-state index contributed by atoms with van der Waals surface area (Å²) in [4.78, 5) is 18.3. The molecule has 1 aliphatic heterocycles. The molecule has 1 aliphatic rings. The molecule has 0 aromatic carbocycles. The number of nitrogens with zero attached hydrogens (tertiary/aromatic N) is 2. The normalized spacial score (nSPS) is 19.9. The summed E-state index contributed by atoms with van der Waals surface area (Å²) in [5, 5.41) is 2.94. The first-order valence-electron chi connectivity index (χ1n) is 7.96. The molecule has 22 heavy (non-hydrogen) atoms. The zero-order valence-corrected chi connectivity index (χ0v) is 13.8. The van der Waals surface area contributed by atoms with Gasteiger partial charge in [-0.1, -0.05) is 20.8 Å². The first-order valence-corrected chi connectivity index (χ1v) is 7.96. The zero-order chi connectivity index (χ0) is 16.0. The van der Waals surface area contributed by atoms with Gasteiger partial charge in [-0.2, -0.15) is 0 Å². The van der Waals surface area contributed by atoms with Crippen molar-refractivity contribution in [1.29, 1.82) is 0 Å². The second kappa shape index (κ2) is 7.70. The monoisotopic (exact) mass is 305 g/mol. The topological polar surface area (TPSA) is 54.5 Å². The quantitative estimate of drug-likeness (QED) is 0.903. The number of pyridine rings is 1. The molecular formula is C17H27N3O2. The van der Waals surface area contributed by atoms with E-state index in [1.165, 1.54) is 0 Å². The molecule has 5 nitrogen and oxygen atoms in total. The van der Waals surface area contributed by atoms with Crippen molar-refractivity contribution in [3.05, 3.63) is 30.1 Å². The van der Waals surface area contributed by atoms with Crippen LogP contribution in [0.25, 0.3) is 0 Å². The molecule has 0 aliphatic carbocycles. The Morgan fingerprint density at radius 3 is 2.82 bits per heavy atom. The van der Waals surface area contributed by atoms with Crippen molar-refractivity contribution < 1.29 is 9.53 Å². The van der Waals surface area contributed by atoms with Gasteiger partial charge in [-0.05, 0) is 24.0 Å². The summed E-state index contributed by atoms with van der Waals surface area (Å²) in [6.45, 7) is 11.2. The Labute approximate surface area is 133 Å². The Kier molecular flexibility index (Phi) is 5.91. The number of aromatic nitrogens is 1. The van der Waals surface area contributed by atoms with Crippen LogP contribution in [0.1, 0.15) is 37.6 Å². The summed E-state index contributed by atoms with van der Waals surface area (Å²) in [5.41, 5.74) is 0.950. The molecule has 0 saturated carbocycles. The first-order chi connectivity index (χ1) is 10.4. The number of nitrogens with one attached hydrogen (secondary N) is 1. The van der Waals surface area contributed by atoms with Crippen molar-refractivity contribution in [2.24, 2.45) is 5.41 Å². The number of amides is 1. The van der Waals surface area contributed by atoms with Gasteiger partial charge in [0, 0.05) is 44.1 Å². The molecule has 1 aromatic rings. The lowest BCUT2D eigenvalue weighted by molar-refractivity contribution is -0.0398. The number of rotatable bonds is 5. The average molecular weight is 305 g/mol. The number of hydrogen-bond acceptors (Lipinski definition) is 4. The molecule has 0 bridgehead atoms. The highest BCUT2D eigenvalue weighted by Crippen LogP contribution is 2.18. The molecule has 1 fully saturated rings. The van der Waals surface area contributed by atoms with Gasteiger partial charge in [0.25, 0.3) is 5.91 Å². The van der Waals surface area contributed by atoms with Crippen LogP contribution in [-0.2, 0) is 4.74 Å². The minimum absolute atomic E-state index is 0.0512. The second-order valence-corrected chi connectivity index (χ2v) is 7.07. The van der Waals surface area contributed by atoms with Crippen molar-refractivity contribution >= 4 is 5.91 Å². The molecule has 5 heteroatoms. The molecule has 2 heterocycles. The van der Waals surface area contributed by atoms with E-state index in [2.05, 4.69) is 36.0 Å². The third kappa shape index (κ3) is 5.73. The minimum atomic E-state index is -0.0512. The van der Waals surface area contributed by atoms with Crippen molar-refractivity contribution in [3.63, 3.8) is 0 Å². The molecule has 1 N–H and O–H groups in total. The number of hydrogen-bond donors (Lipinski definition) is 1. The van der Waals surface area contributed by atoms with E-state index in [1.54, 1.807) is 24.5 Å². The fourth-order valence-electron chi connectivity index (χ4n) is 2.72. The van der Waals surface area contributed by atoms with E-state index in [9.17, 15) is 4.79 Å². The molecule has 2 rings (SSSR count). The van der Waals surface area contributed by atoms with Crippen LogP contribution in [0.3, 0.4) is 0 Å². The van der Waals surface area contributed by atoms with Crippen LogP contribution in [0.2, 0.25) is 0 Å². The molecule has 122 valence electrons. The van der Waals surface area contributed by atoms with Crippen LogP contribution in [0.5, 0.6) is 0 Å². The lowest BCUT2D eigenvalue weighted by Crippen LogP contribution is -2.46. The van der Waals surface area contributed by atoms with Crippen LogP contribution >= 0.6 is 0 Å². The number of carbonyl (C=O) groups excluding carboxylic acids is 1. The number of ether oxygens (including phenoxy) is 1. The average Bonchev–Trinajstić information content (AvgIpc) is 2.47. The van der Waals surface area contributed by atoms with E-state index in [0.717, 1.165) is 32.7 Å². The third-order valence-corrected chi connectivity index (χ3v) is 3.62. The van der Waals surface area contributed by atoms with Gasteiger partial charge in [0.05, 0.1) is 12.7 Å². The largest absolute Gasteiger partial charge is 0.375 e. The van der Waals surface area contributed by atoms with Crippen LogP contribution in [0.15, 0.2) is 24.5 Å². The maximum Gasteiger partial charge on any atom is 0.251 e.